The Morgan fingerprint density at radius 3 is 2.29 bits per heavy atom. The molecule has 3 rings (SSSR count). The van der Waals surface area contributed by atoms with Crippen molar-refractivity contribution in [1.29, 1.82) is 0 Å². The largest absolute Gasteiger partial charge is 0.462 e. The van der Waals surface area contributed by atoms with Crippen molar-refractivity contribution >= 4 is 29.5 Å². The van der Waals surface area contributed by atoms with Crippen LogP contribution in [0.5, 0.6) is 0 Å². The van der Waals surface area contributed by atoms with Crippen LogP contribution in [-0.2, 0) is 26.3 Å². The van der Waals surface area contributed by atoms with Crippen LogP contribution in [0.25, 0.3) is 0 Å². The molecule has 8 nitrogen and oxygen atoms in total. The third-order valence-electron chi connectivity index (χ3n) is 5.78. The molecule has 0 spiro atoms. The Morgan fingerprint density at radius 2 is 1.68 bits per heavy atom. The van der Waals surface area contributed by atoms with Crippen molar-refractivity contribution < 1.29 is 23.9 Å². The normalized spacial score (nSPS) is 17.4. The van der Waals surface area contributed by atoms with Gasteiger partial charge in [-0.25, -0.2) is 9.59 Å². The van der Waals surface area contributed by atoms with Crippen molar-refractivity contribution in [3.63, 3.8) is 0 Å². The standard InChI is InChI=1S/C26H31N3O5/c1-4-6-16-34-23(31)19-10-14-21(15-11-19)27-22(30)17-29-24(32)26(3,28-25(29)33)20-12-8-18(7-5-2)9-13-20/h8-15H,4-7,16-17H2,1-3H3,(H,27,30)(H,28,33). The number of urea groups is 1. The lowest BCUT2D eigenvalue weighted by Gasteiger charge is -2.22. The number of nitrogens with one attached hydrogen (secondary N) is 2. The minimum Gasteiger partial charge on any atom is -0.462 e. The van der Waals surface area contributed by atoms with Gasteiger partial charge in [-0.05, 0) is 55.2 Å². The van der Waals surface area contributed by atoms with E-state index >= 15 is 0 Å². The van der Waals surface area contributed by atoms with Gasteiger partial charge in [0.2, 0.25) is 5.91 Å². The summed E-state index contributed by atoms with van der Waals surface area (Å²) in [4.78, 5) is 51.0. The van der Waals surface area contributed by atoms with Gasteiger partial charge in [0, 0.05) is 5.69 Å². The zero-order valence-corrected chi connectivity index (χ0v) is 19.8. The second kappa shape index (κ2) is 11.0. The summed E-state index contributed by atoms with van der Waals surface area (Å²) >= 11 is 0. The lowest BCUT2D eigenvalue weighted by Crippen LogP contribution is -2.42. The maximum absolute atomic E-state index is 13.1. The first kappa shape index (κ1) is 25.0. The van der Waals surface area contributed by atoms with Gasteiger partial charge >= 0.3 is 12.0 Å². The number of nitrogens with zero attached hydrogens (tertiary/aromatic N) is 1. The molecule has 4 amide bonds. The molecule has 0 aliphatic carbocycles. The quantitative estimate of drug-likeness (QED) is 0.313. The zero-order chi connectivity index (χ0) is 24.7. The number of carbonyl (C=O) groups excluding carboxylic acids is 4. The van der Waals surface area contributed by atoms with E-state index in [1.165, 1.54) is 0 Å². The number of rotatable bonds is 10. The minimum absolute atomic E-state index is 0.363. The Labute approximate surface area is 199 Å². The maximum atomic E-state index is 13.1. The first-order valence-corrected chi connectivity index (χ1v) is 11.6. The summed E-state index contributed by atoms with van der Waals surface area (Å²) in [6, 6.07) is 13.2. The van der Waals surface area contributed by atoms with Crippen molar-refractivity contribution in [3.05, 3.63) is 65.2 Å². The molecule has 0 bridgehead atoms. The molecule has 1 aliphatic heterocycles. The van der Waals surface area contributed by atoms with Gasteiger partial charge in [0.05, 0.1) is 12.2 Å². The molecule has 1 fully saturated rings. The topological polar surface area (TPSA) is 105 Å². The van der Waals surface area contributed by atoms with E-state index in [0.29, 0.717) is 23.4 Å². The maximum Gasteiger partial charge on any atom is 0.338 e. The van der Waals surface area contributed by atoms with E-state index in [4.69, 9.17) is 4.74 Å². The lowest BCUT2D eigenvalue weighted by molar-refractivity contribution is -0.133. The molecule has 0 aromatic heterocycles. The van der Waals surface area contributed by atoms with Gasteiger partial charge in [-0.1, -0.05) is 51.0 Å². The van der Waals surface area contributed by atoms with E-state index in [-0.39, 0.29) is 0 Å². The van der Waals surface area contributed by atoms with Crippen molar-refractivity contribution in [1.82, 2.24) is 10.2 Å². The average Bonchev–Trinajstić information content (AvgIpc) is 3.04. The molecule has 2 N–H and O–H groups in total. The van der Waals surface area contributed by atoms with Gasteiger partial charge in [0.1, 0.15) is 12.1 Å². The molecule has 0 radical (unpaired) electrons. The molecule has 1 aliphatic rings. The first-order chi connectivity index (χ1) is 16.3. The minimum atomic E-state index is -1.23. The summed E-state index contributed by atoms with van der Waals surface area (Å²) in [7, 11) is 0. The summed E-state index contributed by atoms with van der Waals surface area (Å²) in [6.45, 7) is 5.68. The molecule has 1 atom stereocenters. The summed E-state index contributed by atoms with van der Waals surface area (Å²) < 4.78 is 5.16. The third kappa shape index (κ3) is 5.62. The third-order valence-corrected chi connectivity index (χ3v) is 5.78. The lowest BCUT2D eigenvalue weighted by atomic mass is 9.91. The van der Waals surface area contributed by atoms with Gasteiger partial charge in [0.15, 0.2) is 0 Å². The molecule has 1 unspecified atom stereocenters. The van der Waals surface area contributed by atoms with E-state index in [9.17, 15) is 19.2 Å². The number of anilines is 1. The highest BCUT2D eigenvalue weighted by atomic mass is 16.5. The summed E-state index contributed by atoms with van der Waals surface area (Å²) in [6.07, 6.45) is 3.68. The van der Waals surface area contributed by atoms with Gasteiger partial charge < -0.3 is 15.4 Å². The number of ether oxygens (including phenoxy) is 1. The zero-order valence-electron chi connectivity index (χ0n) is 19.8. The smallest absolute Gasteiger partial charge is 0.338 e. The van der Waals surface area contributed by atoms with Gasteiger partial charge in [-0.2, -0.15) is 0 Å². The van der Waals surface area contributed by atoms with Crippen LogP contribution in [0.15, 0.2) is 48.5 Å². The molecule has 180 valence electrons. The second-order valence-electron chi connectivity index (χ2n) is 8.51. The number of amides is 4. The molecule has 8 heteroatoms. The van der Waals surface area contributed by atoms with E-state index < -0.39 is 35.9 Å². The van der Waals surface area contributed by atoms with E-state index in [2.05, 4.69) is 17.6 Å². The van der Waals surface area contributed by atoms with E-state index in [1.807, 2.05) is 31.2 Å². The molecular formula is C26H31N3O5. The summed E-state index contributed by atoms with van der Waals surface area (Å²) in [5.41, 5.74) is 1.40. The SMILES string of the molecule is CCCCOC(=O)c1ccc(NC(=O)CN2C(=O)NC(C)(c3ccc(CCC)cc3)C2=O)cc1. The van der Waals surface area contributed by atoms with Crippen molar-refractivity contribution in [2.75, 3.05) is 18.5 Å². The monoisotopic (exact) mass is 465 g/mol. The number of benzene rings is 2. The van der Waals surface area contributed by atoms with Crippen LogP contribution in [0, 0.1) is 0 Å². The van der Waals surface area contributed by atoms with Crippen LogP contribution in [0.2, 0.25) is 0 Å². The molecule has 2 aromatic carbocycles. The fraction of sp³-hybridized carbons (Fsp3) is 0.385. The van der Waals surface area contributed by atoms with Crippen molar-refractivity contribution in [2.45, 2.75) is 52.0 Å². The summed E-state index contributed by atoms with van der Waals surface area (Å²) in [5.74, 6) is -1.43. The van der Waals surface area contributed by atoms with Crippen LogP contribution in [0.3, 0.4) is 0 Å². The Bertz CT molecular complexity index is 1050. The van der Waals surface area contributed by atoms with Crippen LogP contribution in [-0.4, -0.2) is 41.9 Å². The van der Waals surface area contributed by atoms with Crippen molar-refractivity contribution in [3.8, 4) is 0 Å². The van der Waals surface area contributed by atoms with E-state index in [1.54, 1.807) is 31.2 Å². The van der Waals surface area contributed by atoms with Crippen molar-refractivity contribution in [2.24, 2.45) is 0 Å². The number of carbonyl (C=O) groups is 4. The predicted molar refractivity (Wildman–Crippen MR) is 128 cm³/mol. The Kier molecular flexibility index (Phi) is 8.04. The van der Waals surface area contributed by atoms with Crippen LogP contribution < -0.4 is 10.6 Å². The highest BCUT2D eigenvalue weighted by molar-refractivity contribution is 6.10. The fourth-order valence-corrected chi connectivity index (χ4v) is 3.76. The Morgan fingerprint density at radius 1 is 1.00 bits per heavy atom. The number of aryl methyl sites for hydroxylation is 1. The van der Waals surface area contributed by atoms with Gasteiger partial charge in [-0.15, -0.1) is 0 Å². The molecule has 2 aromatic rings. The number of esters is 1. The van der Waals surface area contributed by atoms with Gasteiger partial charge in [0.25, 0.3) is 5.91 Å². The molecule has 0 saturated carbocycles. The van der Waals surface area contributed by atoms with E-state index in [0.717, 1.165) is 36.1 Å². The Balaban J connectivity index is 1.61. The van der Waals surface area contributed by atoms with Gasteiger partial charge in [-0.3, -0.25) is 14.5 Å². The average molecular weight is 466 g/mol. The number of unbranched alkanes of at least 4 members (excludes halogenated alkanes) is 1. The highest BCUT2D eigenvalue weighted by Crippen LogP contribution is 2.29. The summed E-state index contributed by atoms with van der Waals surface area (Å²) in [5, 5.41) is 5.37. The number of imide groups is 1. The Hall–Kier alpha value is -3.68. The highest BCUT2D eigenvalue weighted by Gasteiger charge is 2.49. The van der Waals surface area contributed by atoms with Crippen LogP contribution in [0.4, 0.5) is 10.5 Å². The number of hydrogen-bond acceptors (Lipinski definition) is 5. The number of hydrogen-bond donors (Lipinski definition) is 2. The molecule has 1 heterocycles. The second-order valence-corrected chi connectivity index (χ2v) is 8.51. The van der Waals surface area contributed by atoms with Crippen LogP contribution in [0.1, 0.15) is 61.5 Å². The van der Waals surface area contributed by atoms with Crippen LogP contribution >= 0.6 is 0 Å². The first-order valence-electron chi connectivity index (χ1n) is 11.6. The molecule has 1 saturated heterocycles. The molecule has 34 heavy (non-hydrogen) atoms. The predicted octanol–water partition coefficient (Wildman–Crippen LogP) is 4.00. The fourth-order valence-electron chi connectivity index (χ4n) is 3.76. The molecular weight excluding hydrogens is 434 g/mol.